The standard InChI is InChI=1S/C21H25NO3S/c1-13(2)14-8-10-15(11-9-14)19(18-7-4-12-26-18)22-20(23)16-5-3-6-17(16)21(24)25/h4,7-13,16-17,19H,3,5-6H2,1-2H3,(H,22,23)(H,24,25)/t16?,17?,19-/m1/s1. The van der Waals surface area contributed by atoms with Crippen LogP contribution in [0.2, 0.25) is 0 Å². The molecule has 26 heavy (non-hydrogen) atoms. The van der Waals surface area contributed by atoms with Gasteiger partial charge in [-0.05, 0) is 41.3 Å². The lowest BCUT2D eigenvalue weighted by Gasteiger charge is -2.22. The summed E-state index contributed by atoms with van der Waals surface area (Å²) >= 11 is 1.60. The first-order valence-electron chi connectivity index (χ1n) is 9.13. The number of hydrogen-bond donors (Lipinski definition) is 2. The summed E-state index contributed by atoms with van der Waals surface area (Å²) in [5.41, 5.74) is 2.28. The van der Waals surface area contributed by atoms with Crippen LogP contribution in [0.25, 0.3) is 0 Å². The zero-order chi connectivity index (χ0) is 18.7. The molecule has 5 heteroatoms. The van der Waals surface area contributed by atoms with Gasteiger partial charge >= 0.3 is 5.97 Å². The Morgan fingerprint density at radius 2 is 1.73 bits per heavy atom. The molecule has 1 aromatic heterocycles. The number of carboxylic acid groups (broad SMARTS) is 1. The molecule has 1 amide bonds. The number of carboxylic acids is 1. The molecule has 1 aromatic carbocycles. The lowest BCUT2D eigenvalue weighted by Crippen LogP contribution is -2.37. The van der Waals surface area contributed by atoms with Gasteiger partial charge in [0.25, 0.3) is 0 Å². The maximum atomic E-state index is 12.8. The molecule has 1 fully saturated rings. The van der Waals surface area contributed by atoms with Crippen LogP contribution in [0.4, 0.5) is 0 Å². The molecule has 138 valence electrons. The Balaban J connectivity index is 1.83. The van der Waals surface area contributed by atoms with Crippen molar-refractivity contribution in [1.29, 1.82) is 0 Å². The maximum absolute atomic E-state index is 12.8. The molecule has 0 bridgehead atoms. The summed E-state index contributed by atoms with van der Waals surface area (Å²) in [6, 6.07) is 12.1. The number of benzene rings is 1. The quantitative estimate of drug-likeness (QED) is 0.781. The molecule has 1 aliphatic rings. The number of amides is 1. The number of aliphatic carboxylic acids is 1. The van der Waals surface area contributed by atoms with Crippen molar-refractivity contribution in [2.45, 2.75) is 45.1 Å². The topological polar surface area (TPSA) is 66.4 Å². The lowest BCUT2D eigenvalue weighted by molar-refractivity contribution is -0.146. The predicted molar refractivity (Wildman–Crippen MR) is 103 cm³/mol. The van der Waals surface area contributed by atoms with Crippen molar-refractivity contribution in [3.8, 4) is 0 Å². The summed E-state index contributed by atoms with van der Waals surface area (Å²) in [4.78, 5) is 25.3. The van der Waals surface area contributed by atoms with Crippen molar-refractivity contribution in [1.82, 2.24) is 5.32 Å². The van der Waals surface area contributed by atoms with E-state index < -0.39 is 17.8 Å². The van der Waals surface area contributed by atoms with Gasteiger partial charge in [0.1, 0.15) is 0 Å². The average molecular weight is 372 g/mol. The third-order valence-corrected chi connectivity index (χ3v) is 6.16. The van der Waals surface area contributed by atoms with Crippen LogP contribution in [0.1, 0.15) is 61.1 Å². The molecule has 4 nitrogen and oxygen atoms in total. The number of carbonyl (C=O) groups is 2. The Bertz CT molecular complexity index is 752. The second kappa shape index (κ2) is 8.04. The van der Waals surface area contributed by atoms with Gasteiger partial charge in [-0.3, -0.25) is 9.59 Å². The van der Waals surface area contributed by atoms with Crippen LogP contribution in [-0.4, -0.2) is 17.0 Å². The predicted octanol–water partition coefficient (Wildman–Crippen LogP) is 4.58. The molecule has 0 aliphatic heterocycles. The Morgan fingerprint density at radius 1 is 1.08 bits per heavy atom. The van der Waals surface area contributed by atoms with Crippen molar-refractivity contribution in [2.24, 2.45) is 11.8 Å². The highest BCUT2D eigenvalue weighted by atomic mass is 32.1. The number of hydrogen-bond acceptors (Lipinski definition) is 3. The Labute approximate surface area is 158 Å². The van der Waals surface area contributed by atoms with Crippen LogP contribution in [0.5, 0.6) is 0 Å². The SMILES string of the molecule is CC(C)c1ccc([C@@H](NC(=O)C2CCCC2C(=O)O)c2cccs2)cc1. The number of carbonyl (C=O) groups excluding carboxylic acids is 1. The summed E-state index contributed by atoms with van der Waals surface area (Å²) in [7, 11) is 0. The Kier molecular flexibility index (Phi) is 5.77. The van der Waals surface area contributed by atoms with Crippen molar-refractivity contribution in [3.63, 3.8) is 0 Å². The Hall–Kier alpha value is -2.14. The molecule has 1 aliphatic carbocycles. The van der Waals surface area contributed by atoms with Gasteiger partial charge in [-0.2, -0.15) is 0 Å². The molecular formula is C21H25NO3S. The molecule has 1 heterocycles. The molecule has 2 N–H and O–H groups in total. The van der Waals surface area contributed by atoms with Crippen LogP contribution in [0, 0.1) is 11.8 Å². The second-order valence-corrected chi connectivity index (χ2v) is 8.24. The van der Waals surface area contributed by atoms with Gasteiger partial charge < -0.3 is 10.4 Å². The van der Waals surface area contributed by atoms with Crippen LogP contribution in [0.15, 0.2) is 41.8 Å². The molecular weight excluding hydrogens is 346 g/mol. The third kappa shape index (κ3) is 3.98. The molecule has 3 rings (SSSR count). The number of rotatable bonds is 6. The monoisotopic (exact) mass is 371 g/mol. The second-order valence-electron chi connectivity index (χ2n) is 7.26. The zero-order valence-corrected chi connectivity index (χ0v) is 16.0. The fourth-order valence-electron chi connectivity index (χ4n) is 3.67. The first-order valence-corrected chi connectivity index (χ1v) is 10.0. The van der Waals surface area contributed by atoms with Gasteiger partial charge in [0.15, 0.2) is 0 Å². The molecule has 2 aromatic rings. The summed E-state index contributed by atoms with van der Waals surface area (Å²) in [5.74, 6) is -1.57. The average Bonchev–Trinajstić information content (AvgIpc) is 3.31. The Morgan fingerprint density at radius 3 is 2.31 bits per heavy atom. The van der Waals surface area contributed by atoms with Crippen molar-refractivity contribution < 1.29 is 14.7 Å². The van der Waals surface area contributed by atoms with Gasteiger partial charge in [0.05, 0.1) is 17.9 Å². The summed E-state index contributed by atoms with van der Waals surface area (Å²) in [6.07, 6.45) is 2.02. The maximum Gasteiger partial charge on any atom is 0.307 e. The van der Waals surface area contributed by atoms with Crippen molar-refractivity contribution in [3.05, 3.63) is 57.8 Å². The first-order chi connectivity index (χ1) is 12.5. The summed E-state index contributed by atoms with van der Waals surface area (Å²) in [5, 5.41) is 14.5. The molecule has 0 saturated heterocycles. The highest BCUT2D eigenvalue weighted by Gasteiger charge is 2.38. The van der Waals surface area contributed by atoms with Gasteiger partial charge in [-0.1, -0.05) is 50.6 Å². The van der Waals surface area contributed by atoms with Gasteiger partial charge in [0, 0.05) is 4.88 Å². The normalized spacial score (nSPS) is 20.9. The summed E-state index contributed by atoms with van der Waals surface area (Å²) in [6.45, 7) is 4.30. The third-order valence-electron chi connectivity index (χ3n) is 5.22. The van der Waals surface area contributed by atoms with E-state index in [-0.39, 0.29) is 11.9 Å². The summed E-state index contributed by atoms with van der Waals surface area (Å²) < 4.78 is 0. The first kappa shape index (κ1) is 18.6. The minimum Gasteiger partial charge on any atom is -0.481 e. The highest BCUT2D eigenvalue weighted by Crippen LogP contribution is 2.34. The number of nitrogens with one attached hydrogen (secondary N) is 1. The molecule has 0 radical (unpaired) electrons. The lowest BCUT2D eigenvalue weighted by atomic mass is 9.94. The van der Waals surface area contributed by atoms with Crippen LogP contribution >= 0.6 is 11.3 Å². The van der Waals surface area contributed by atoms with Crippen molar-refractivity contribution in [2.75, 3.05) is 0 Å². The minimum absolute atomic E-state index is 0.152. The van der Waals surface area contributed by atoms with Crippen LogP contribution in [0.3, 0.4) is 0 Å². The largest absolute Gasteiger partial charge is 0.481 e. The van der Waals surface area contributed by atoms with E-state index in [1.165, 1.54) is 5.56 Å². The highest BCUT2D eigenvalue weighted by molar-refractivity contribution is 7.10. The molecule has 2 unspecified atom stereocenters. The van der Waals surface area contributed by atoms with Crippen molar-refractivity contribution >= 4 is 23.2 Å². The van der Waals surface area contributed by atoms with E-state index in [0.29, 0.717) is 18.8 Å². The fraction of sp³-hybridized carbons (Fsp3) is 0.429. The molecule has 1 saturated carbocycles. The van der Waals surface area contributed by atoms with Gasteiger partial charge in [-0.15, -0.1) is 11.3 Å². The zero-order valence-electron chi connectivity index (χ0n) is 15.1. The van der Waals surface area contributed by atoms with E-state index in [0.717, 1.165) is 16.9 Å². The van der Waals surface area contributed by atoms with Crippen LogP contribution < -0.4 is 5.32 Å². The molecule has 3 atom stereocenters. The van der Waals surface area contributed by atoms with Gasteiger partial charge in [-0.25, -0.2) is 0 Å². The molecule has 0 spiro atoms. The van der Waals surface area contributed by atoms with E-state index in [1.807, 2.05) is 17.5 Å². The van der Waals surface area contributed by atoms with E-state index in [4.69, 9.17) is 0 Å². The van der Waals surface area contributed by atoms with Crippen LogP contribution in [-0.2, 0) is 9.59 Å². The smallest absolute Gasteiger partial charge is 0.307 e. The number of thiophene rings is 1. The van der Waals surface area contributed by atoms with Gasteiger partial charge in [0.2, 0.25) is 5.91 Å². The fourth-order valence-corrected chi connectivity index (χ4v) is 4.47. The van der Waals surface area contributed by atoms with E-state index in [2.05, 4.69) is 43.4 Å². The van der Waals surface area contributed by atoms with E-state index in [9.17, 15) is 14.7 Å². The van der Waals surface area contributed by atoms with E-state index >= 15 is 0 Å². The minimum atomic E-state index is -0.864. The van der Waals surface area contributed by atoms with E-state index in [1.54, 1.807) is 11.3 Å².